The quantitative estimate of drug-likeness (QED) is 0.657. The highest BCUT2D eigenvalue weighted by atomic mass is 16.2. The molecule has 98 valence electrons. The van der Waals surface area contributed by atoms with Gasteiger partial charge in [0, 0.05) is 25.0 Å². The molecular formula is C13H18N2O3. The predicted molar refractivity (Wildman–Crippen MR) is 63.7 cm³/mol. The Morgan fingerprint density at radius 3 is 2.22 bits per heavy atom. The van der Waals surface area contributed by atoms with Gasteiger partial charge >= 0.3 is 0 Å². The van der Waals surface area contributed by atoms with Crippen LogP contribution in [0.25, 0.3) is 0 Å². The van der Waals surface area contributed by atoms with Crippen molar-refractivity contribution in [3.05, 3.63) is 0 Å². The minimum Gasteiger partial charge on any atom is -0.342 e. The second kappa shape index (κ2) is 4.37. The molecule has 0 spiro atoms. The molecule has 1 saturated carbocycles. The highest BCUT2D eigenvalue weighted by Crippen LogP contribution is 2.32. The van der Waals surface area contributed by atoms with E-state index in [1.54, 1.807) is 4.90 Å². The smallest absolute Gasteiger partial charge is 0.230 e. The summed E-state index contributed by atoms with van der Waals surface area (Å²) in [5, 5.41) is 0. The first-order valence-corrected chi connectivity index (χ1v) is 6.75. The normalized spacial score (nSPS) is 26.0. The number of ketones is 1. The van der Waals surface area contributed by atoms with Crippen molar-refractivity contribution in [1.29, 1.82) is 0 Å². The number of carbonyl (C=O) groups is 3. The molecule has 0 atom stereocenters. The molecule has 3 aliphatic rings. The highest BCUT2D eigenvalue weighted by molar-refractivity contribution is 6.05. The Hall–Kier alpha value is -1.39. The SMILES string of the molecule is O=C1CC(=O)N(C2CCN(C(=O)C3CC3)CC2)C1. The maximum Gasteiger partial charge on any atom is 0.230 e. The van der Waals surface area contributed by atoms with Gasteiger partial charge in [0.2, 0.25) is 11.8 Å². The molecule has 1 aliphatic carbocycles. The molecule has 3 rings (SSSR count). The largest absolute Gasteiger partial charge is 0.342 e. The van der Waals surface area contributed by atoms with Gasteiger partial charge in [-0.1, -0.05) is 0 Å². The fourth-order valence-electron chi connectivity index (χ4n) is 2.92. The molecule has 2 heterocycles. The summed E-state index contributed by atoms with van der Waals surface area (Å²) >= 11 is 0. The van der Waals surface area contributed by atoms with Gasteiger partial charge in [0.25, 0.3) is 0 Å². The van der Waals surface area contributed by atoms with Crippen LogP contribution in [-0.4, -0.2) is 53.1 Å². The molecule has 0 N–H and O–H groups in total. The number of carbonyl (C=O) groups excluding carboxylic acids is 3. The number of amides is 2. The van der Waals surface area contributed by atoms with Crippen LogP contribution < -0.4 is 0 Å². The van der Waals surface area contributed by atoms with Crippen molar-refractivity contribution in [2.24, 2.45) is 5.92 Å². The molecule has 2 aliphatic heterocycles. The molecular weight excluding hydrogens is 232 g/mol. The van der Waals surface area contributed by atoms with Crippen LogP contribution in [0.15, 0.2) is 0 Å². The summed E-state index contributed by atoms with van der Waals surface area (Å²) in [7, 11) is 0. The van der Waals surface area contributed by atoms with Gasteiger partial charge in [-0.3, -0.25) is 14.4 Å². The monoisotopic (exact) mass is 250 g/mol. The maximum atomic E-state index is 11.9. The molecule has 3 fully saturated rings. The van der Waals surface area contributed by atoms with Crippen molar-refractivity contribution < 1.29 is 14.4 Å². The summed E-state index contributed by atoms with van der Waals surface area (Å²) in [6.45, 7) is 1.75. The van der Waals surface area contributed by atoms with E-state index in [4.69, 9.17) is 0 Å². The van der Waals surface area contributed by atoms with Crippen LogP contribution in [0.3, 0.4) is 0 Å². The average molecular weight is 250 g/mol. The molecule has 0 unspecified atom stereocenters. The van der Waals surface area contributed by atoms with Gasteiger partial charge in [0.1, 0.15) is 0 Å². The third-order valence-electron chi connectivity index (χ3n) is 4.16. The summed E-state index contributed by atoms with van der Waals surface area (Å²) in [6, 6.07) is 0.159. The lowest BCUT2D eigenvalue weighted by Gasteiger charge is -2.36. The first kappa shape index (κ1) is 11.7. The van der Waals surface area contributed by atoms with Crippen LogP contribution in [0.4, 0.5) is 0 Å². The lowest BCUT2D eigenvalue weighted by Crippen LogP contribution is -2.47. The topological polar surface area (TPSA) is 57.7 Å². The summed E-state index contributed by atoms with van der Waals surface area (Å²) in [5.74, 6) is 0.553. The fourth-order valence-corrected chi connectivity index (χ4v) is 2.92. The van der Waals surface area contributed by atoms with Gasteiger partial charge in [-0.15, -0.1) is 0 Å². The van der Waals surface area contributed by atoms with Crippen LogP contribution in [0.1, 0.15) is 32.1 Å². The van der Waals surface area contributed by atoms with Crippen LogP contribution in [0, 0.1) is 5.92 Å². The Kier molecular flexibility index (Phi) is 2.84. The third-order valence-corrected chi connectivity index (χ3v) is 4.16. The lowest BCUT2D eigenvalue weighted by atomic mass is 10.0. The molecule has 0 aromatic heterocycles. The molecule has 5 nitrogen and oxygen atoms in total. The van der Waals surface area contributed by atoms with Gasteiger partial charge in [-0.2, -0.15) is 0 Å². The molecule has 0 aromatic rings. The summed E-state index contributed by atoms with van der Waals surface area (Å²) in [6.07, 6.45) is 3.78. The van der Waals surface area contributed by atoms with Crippen molar-refractivity contribution >= 4 is 17.6 Å². The number of rotatable bonds is 2. The van der Waals surface area contributed by atoms with E-state index < -0.39 is 0 Å². The van der Waals surface area contributed by atoms with Crippen LogP contribution >= 0.6 is 0 Å². The molecule has 2 saturated heterocycles. The van der Waals surface area contributed by atoms with Gasteiger partial charge in [0.15, 0.2) is 5.78 Å². The zero-order chi connectivity index (χ0) is 12.7. The summed E-state index contributed by atoms with van der Waals surface area (Å²) in [4.78, 5) is 38.4. The van der Waals surface area contributed by atoms with E-state index in [1.807, 2.05) is 4.90 Å². The minimum absolute atomic E-state index is 0.0245. The van der Waals surface area contributed by atoms with E-state index in [2.05, 4.69) is 0 Å². The van der Waals surface area contributed by atoms with Crippen LogP contribution in [0.2, 0.25) is 0 Å². The molecule has 18 heavy (non-hydrogen) atoms. The van der Waals surface area contributed by atoms with Crippen molar-refractivity contribution in [2.75, 3.05) is 19.6 Å². The summed E-state index contributed by atoms with van der Waals surface area (Å²) in [5.41, 5.74) is 0. The van der Waals surface area contributed by atoms with E-state index in [-0.39, 0.29) is 42.5 Å². The Bertz CT molecular complexity index is 395. The Balaban J connectivity index is 1.55. The first-order chi connectivity index (χ1) is 8.65. The Morgan fingerprint density at radius 1 is 1.06 bits per heavy atom. The van der Waals surface area contributed by atoms with Gasteiger partial charge in [-0.05, 0) is 25.7 Å². The number of hydrogen-bond donors (Lipinski definition) is 0. The number of piperidine rings is 1. The van der Waals surface area contributed by atoms with Crippen molar-refractivity contribution in [3.63, 3.8) is 0 Å². The zero-order valence-electron chi connectivity index (χ0n) is 10.4. The first-order valence-electron chi connectivity index (χ1n) is 6.75. The molecule has 0 radical (unpaired) electrons. The van der Waals surface area contributed by atoms with E-state index in [1.165, 1.54) is 0 Å². The molecule has 2 amide bonds. The lowest BCUT2D eigenvalue weighted by molar-refractivity contribution is -0.135. The van der Waals surface area contributed by atoms with Gasteiger partial charge in [0.05, 0.1) is 13.0 Å². The predicted octanol–water partition coefficient (Wildman–Crippen LogP) is 0.189. The highest BCUT2D eigenvalue weighted by Gasteiger charge is 2.38. The number of nitrogens with zero attached hydrogens (tertiary/aromatic N) is 2. The molecule has 0 aromatic carbocycles. The Morgan fingerprint density at radius 2 is 1.72 bits per heavy atom. The Labute approximate surface area is 106 Å². The van der Waals surface area contributed by atoms with Gasteiger partial charge < -0.3 is 9.80 Å². The van der Waals surface area contributed by atoms with Crippen molar-refractivity contribution in [1.82, 2.24) is 9.80 Å². The van der Waals surface area contributed by atoms with E-state index in [0.29, 0.717) is 0 Å². The number of Topliss-reactive ketones (excluding diaryl/α,β-unsaturated/α-hetero) is 1. The zero-order valence-corrected chi connectivity index (χ0v) is 10.4. The fraction of sp³-hybridized carbons (Fsp3) is 0.769. The van der Waals surface area contributed by atoms with E-state index >= 15 is 0 Å². The number of likely N-dealkylation sites (tertiary alicyclic amines) is 2. The number of hydrogen-bond acceptors (Lipinski definition) is 3. The second-order valence-electron chi connectivity index (χ2n) is 5.57. The standard InChI is InChI=1S/C13H18N2O3/c16-11-7-12(17)15(8-11)10-3-5-14(6-4-10)13(18)9-1-2-9/h9-10H,1-8H2. The van der Waals surface area contributed by atoms with Crippen molar-refractivity contribution in [2.45, 2.75) is 38.1 Å². The van der Waals surface area contributed by atoms with E-state index in [9.17, 15) is 14.4 Å². The summed E-state index contributed by atoms with van der Waals surface area (Å²) < 4.78 is 0. The second-order valence-corrected chi connectivity index (χ2v) is 5.57. The average Bonchev–Trinajstić information content (AvgIpc) is 3.15. The minimum atomic E-state index is -0.0352. The van der Waals surface area contributed by atoms with Crippen LogP contribution in [0.5, 0.6) is 0 Å². The van der Waals surface area contributed by atoms with Crippen LogP contribution in [-0.2, 0) is 14.4 Å². The van der Waals surface area contributed by atoms with E-state index in [0.717, 1.165) is 38.8 Å². The van der Waals surface area contributed by atoms with Crippen molar-refractivity contribution in [3.8, 4) is 0 Å². The molecule has 0 bridgehead atoms. The maximum absolute atomic E-state index is 11.9. The molecule has 5 heteroatoms. The van der Waals surface area contributed by atoms with Gasteiger partial charge in [-0.25, -0.2) is 0 Å². The third kappa shape index (κ3) is 2.13.